The number of nitrogens with zero attached hydrogens (tertiary/aromatic N) is 2. The highest BCUT2D eigenvalue weighted by Gasteiger charge is 2.13. The van der Waals surface area contributed by atoms with Crippen molar-refractivity contribution in [2.24, 2.45) is 0 Å². The number of benzene rings is 2. The van der Waals surface area contributed by atoms with Gasteiger partial charge in [-0.2, -0.15) is 0 Å². The molecule has 0 aliphatic carbocycles. The van der Waals surface area contributed by atoms with Gasteiger partial charge in [0, 0.05) is 24.2 Å². The van der Waals surface area contributed by atoms with Crippen molar-refractivity contribution in [2.45, 2.75) is 18.9 Å². The van der Waals surface area contributed by atoms with Gasteiger partial charge in [0.15, 0.2) is 5.13 Å². The molecule has 0 bridgehead atoms. The number of aromatic nitrogens is 1. The Labute approximate surface area is 179 Å². The second-order valence-electron chi connectivity index (χ2n) is 6.99. The maximum atomic E-state index is 12.1. The molecule has 0 saturated heterocycles. The molecular weight excluding hydrogens is 400 g/mol. The van der Waals surface area contributed by atoms with Crippen molar-refractivity contribution in [3.05, 3.63) is 76.8 Å². The Balaban J connectivity index is 1.46. The van der Waals surface area contributed by atoms with E-state index < -0.39 is 6.10 Å². The Bertz CT molecular complexity index is 931. The number of aliphatic hydroxyl groups excluding tert-OH is 2. The summed E-state index contributed by atoms with van der Waals surface area (Å²) in [6, 6.07) is 17.0. The lowest BCUT2D eigenvalue weighted by molar-refractivity contribution is -0.115. The van der Waals surface area contributed by atoms with Gasteiger partial charge in [0.25, 0.3) is 0 Å². The van der Waals surface area contributed by atoms with Crippen LogP contribution >= 0.6 is 11.3 Å². The van der Waals surface area contributed by atoms with Crippen LogP contribution in [0.15, 0.2) is 60.0 Å². The van der Waals surface area contributed by atoms with E-state index in [0.29, 0.717) is 36.0 Å². The molecule has 30 heavy (non-hydrogen) atoms. The average Bonchev–Trinajstić information content (AvgIpc) is 3.16. The molecule has 0 saturated carbocycles. The zero-order chi connectivity index (χ0) is 21.3. The van der Waals surface area contributed by atoms with Crippen molar-refractivity contribution in [1.29, 1.82) is 0 Å². The van der Waals surface area contributed by atoms with E-state index in [4.69, 9.17) is 5.73 Å². The summed E-state index contributed by atoms with van der Waals surface area (Å²) < 4.78 is 0. The Morgan fingerprint density at radius 1 is 1.17 bits per heavy atom. The molecule has 158 valence electrons. The minimum atomic E-state index is -0.649. The van der Waals surface area contributed by atoms with E-state index >= 15 is 0 Å². The fraction of sp³-hybridized carbons (Fsp3) is 0.273. The molecule has 1 atom stereocenters. The van der Waals surface area contributed by atoms with Crippen LogP contribution < -0.4 is 11.1 Å². The molecule has 1 aromatic heterocycles. The van der Waals surface area contributed by atoms with Gasteiger partial charge in [-0.25, -0.2) is 4.98 Å². The predicted octanol–water partition coefficient (Wildman–Crippen LogP) is 2.43. The topological polar surface area (TPSA) is 112 Å². The van der Waals surface area contributed by atoms with E-state index in [2.05, 4.69) is 10.3 Å². The molecule has 0 unspecified atom stereocenters. The fourth-order valence-electron chi connectivity index (χ4n) is 3.06. The van der Waals surface area contributed by atoms with Crippen LogP contribution in [0.3, 0.4) is 0 Å². The van der Waals surface area contributed by atoms with E-state index in [0.717, 1.165) is 11.1 Å². The quantitative estimate of drug-likeness (QED) is 0.371. The third-order valence-electron chi connectivity index (χ3n) is 4.68. The number of carbonyl (C=O) groups excluding carboxylic acids is 1. The molecular formula is C22H26N4O3S. The number of amides is 1. The van der Waals surface area contributed by atoms with Gasteiger partial charge in [0.2, 0.25) is 5.91 Å². The number of anilines is 2. The third-order valence-corrected chi connectivity index (χ3v) is 5.40. The maximum absolute atomic E-state index is 12.1. The standard InChI is InChI=1S/C22H26N4O3S/c23-22-25-19(14-30-22)12-21(29)24-18-8-6-16(7-9-18)10-11-26(15-27)13-20(28)17-4-2-1-3-5-17/h1-9,14,20,27-28H,10-13,15H2,(H2,23,25)(H,24,29)/t20-/m0/s1. The van der Waals surface area contributed by atoms with Crippen molar-refractivity contribution in [1.82, 2.24) is 9.88 Å². The molecule has 3 rings (SSSR count). The van der Waals surface area contributed by atoms with E-state index in [9.17, 15) is 15.0 Å². The first-order valence-corrected chi connectivity index (χ1v) is 10.6. The largest absolute Gasteiger partial charge is 0.387 e. The highest BCUT2D eigenvalue weighted by molar-refractivity contribution is 7.13. The molecule has 8 heteroatoms. The average molecular weight is 427 g/mol. The van der Waals surface area contributed by atoms with Crippen LogP contribution in [0.5, 0.6) is 0 Å². The molecule has 1 amide bonds. The van der Waals surface area contributed by atoms with Crippen LogP contribution in [-0.4, -0.2) is 45.8 Å². The van der Waals surface area contributed by atoms with Gasteiger partial charge < -0.3 is 21.3 Å². The number of nitrogens with two attached hydrogens (primary N) is 1. The number of thiazole rings is 1. The molecule has 2 aromatic carbocycles. The van der Waals surface area contributed by atoms with Gasteiger partial charge in [-0.3, -0.25) is 9.69 Å². The van der Waals surface area contributed by atoms with Gasteiger partial charge in [0.1, 0.15) is 0 Å². The number of carbonyl (C=O) groups is 1. The number of nitrogens with one attached hydrogen (secondary N) is 1. The normalized spacial score (nSPS) is 12.1. The molecule has 0 fully saturated rings. The summed E-state index contributed by atoms with van der Waals surface area (Å²) in [6.45, 7) is 0.840. The summed E-state index contributed by atoms with van der Waals surface area (Å²) in [6.07, 6.45) is 0.253. The number of rotatable bonds is 10. The lowest BCUT2D eigenvalue weighted by atomic mass is 10.1. The Morgan fingerprint density at radius 3 is 2.53 bits per heavy atom. The molecule has 0 aliphatic rings. The van der Waals surface area contributed by atoms with Crippen LogP contribution in [0.4, 0.5) is 10.8 Å². The van der Waals surface area contributed by atoms with Crippen molar-refractivity contribution in [3.63, 3.8) is 0 Å². The van der Waals surface area contributed by atoms with Crippen molar-refractivity contribution in [3.8, 4) is 0 Å². The minimum Gasteiger partial charge on any atom is -0.387 e. The lowest BCUT2D eigenvalue weighted by Crippen LogP contribution is -2.31. The summed E-state index contributed by atoms with van der Waals surface area (Å²) in [5, 5.41) is 25.0. The molecule has 5 N–H and O–H groups in total. The molecule has 0 radical (unpaired) electrons. The summed E-state index contributed by atoms with van der Waals surface area (Å²) in [7, 11) is 0. The SMILES string of the molecule is Nc1nc(CC(=O)Nc2ccc(CCN(CO)C[C@H](O)c3ccccc3)cc2)cs1. The van der Waals surface area contributed by atoms with Crippen LogP contribution in [0.2, 0.25) is 0 Å². The number of aliphatic hydroxyl groups is 2. The second-order valence-corrected chi connectivity index (χ2v) is 7.88. The summed E-state index contributed by atoms with van der Waals surface area (Å²) in [5.74, 6) is -0.144. The first-order chi connectivity index (χ1) is 14.5. The van der Waals surface area contributed by atoms with Gasteiger partial charge in [-0.15, -0.1) is 11.3 Å². The number of hydrogen-bond acceptors (Lipinski definition) is 7. The van der Waals surface area contributed by atoms with E-state index in [1.165, 1.54) is 11.3 Å². The van der Waals surface area contributed by atoms with E-state index in [1.54, 1.807) is 10.3 Å². The third kappa shape index (κ3) is 6.64. The van der Waals surface area contributed by atoms with Crippen LogP contribution in [-0.2, 0) is 17.6 Å². The molecule has 0 aliphatic heterocycles. The smallest absolute Gasteiger partial charge is 0.230 e. The van der Waals surface area contributed by atoms with Crippen molar-refractivity contribution < 1.29 is 15.0 Å². The van der Waals surface area contributed by atoms with Gasteiger partial charge in [-0.1, -0.05) is 42.5 Å². The maximum Gasteiger partial charge on any atom is 0.230 e. The number of hydrogen-bond donors (Lipinski definition) is 4. The Morgan fingerprint density at radius 2 is 1.90 bits per heavy atom. The fourth-order valence-corrected chi connectivity index (χ4v) is 3.62. The first-order valence-electron chi connectivity index (χ1n) is 9.68. The second kappa shape index (κ2) is 10.8. The Kier molecular flexibility index (Phi) is 7.92. The van der Waals surface area contributed by atoms with Crippen LogP contribution in [0.25, 0.3) is 0 Å². The summed E-state index contributed by atoms with van der Waals surface area (Å²) in [4.78, 5) is 18.0. The van der Waals surface area contributed by atoms with E-state index in [1.807, 2.05) is 54.6 Å². The van der Waals surface area contributed by atoms with Crippen molar-refractivity contribution >= 4 is 28.1 Å². The number of nitrogen functional groups attached to an aromatic ring is 1. The lowest BCUT2D eigenvalue weighted by Gasteiger charge is -2.23. The van der Waals surface area contributed by atoms with E-state index in [-0.39, 0.29) is 19.1 Å². The predicted molar refractivity (Wildman–Crippen MR) is 119 cm³/mol. The first kappa shape index (κ1) is 21.9. The van der Waals surface area contributed by atoms with Crippen LogP contribution in [0.1, 0.15) is 22.9 Å². The summed E-state index contributed by atoms with van der Waals surface area (Å²) in [5.41, 5.74) is 8.86. The van der Waals surface area contributed by atoms with Crippen LogP contribution in [0, 0.1) is 0 Å². The highest BCUT2D eigenvalue weighted by atomic mass is 32.1. The van der Waals surface area contributed by atoms with Gasteiger partial charge >= 0.3 is 0 Å². The molecule has 7 nitrogen and oxygen atoms in total. The zero-order valence-electron chi connectivity index (χ0n) is 16.6. The molecule has 0 spiro atoms. The Hall–Kier alpha value is -2.78. The molecule has 1 heterocycles. The van der Waals surface area contributed by atoms with Crippen molar-refractivity contribution in [2.75, 3.05) is 30.9 Å². The molecule has 3 aromatic rings. The zero-order valence-corrected chi connectivity index (χ0v) is 17.4. The highest BCUT2D eigenvalue weighted by Crippen LogP contribution is 2.16. The minimum absolute atomic E-state index is 0.126. The van der Waals surface area contributed by atoms with Gasteiger partial charge in [0.05, 0.1) is 24.9 Å². The monoisotopic (exact) mass is 426 g/mol. The van der Waals surface area contributed by atoms with Gasteiger partial charge in [-0.05, 0) is 29.7 Å². The summed E-state index contributed by atoms with van der Waals surface area (Å²) >= 11 is 1.32.